The van der Waals surface area contributed by atoms with E-state index in [4.69, 9.17) is 9.84 Å². The maximum atomic E-state index is 13.7. The molecule has 0 fully saturated rings. The number of aromatic nitrogens is 2. The summed E-state index contributed by atoms with van der Waals surface area (Å²) in [7, 11) is 0. The van der Waals surface area contributed by atoms with Gasteiger partial charge in [0.25, 0.3) is 11.8 Å². The zero-order valence-electron chi connectivity index (χ0n) is 23.8. The van der Waals surface area contributed by atoms with E-state index >= 15 is 0 Å². The molecule has 1 heterocycles. The van der Waals surface area contributed by atoms with E-state index in [2.05, 4.69) is 5.32 Å². The summed E-state index contributed by atoms with van der Waals surface area (Å²) in [4.78, 5) is 26.4. The van der Waals surface area contributed by atoms with Crippen molar-refractivity contribution in [3.8, 4) is 11.5 Å². The van der Waals surface area contributed by atoms with Gasteiger partial charge in [-0.15, -0.1) is 0 Å². The number of carbonyl (C=O) groups is 2. The largest absolute Gasteiger partial charge is 0.457 e. The minimum atomic E-state index is -0.230. The van der Waals surface area contributed by atoms with Crippen molar-refractivity contribution in [2.75, 3.05) is 5.32 Å². The van der Waals surface area contributed by atoms with Gasteiger partial charge in [0, 0.05) is 34.3 Å². The molecule has 1 N–H and O–H groups in total. The first kappa shape index (κ1) is 27.4. The summed E-state index contributed by atoms with van der Waals surface area (Å²) in [6.07, 6.45) is 3.89. The van der Waals surface area contributed by atoms with Gasteiger partial charge in [-0.05, 0) is 74.0 Å². The summed E-state index contributed by atoms with van der Waals surface area (Å²) in [5.41, 5.74) is 6.08. The first-order valence-corrected chi connectivity index (χ1v) is 14.0. The highest BCUT2D eigenvalue weighted by atomic mass is 16.5. The molecule has 0 saturated heterocycles. The Balaban J connectivity index is 1.32. The Morgan fingerprint density at radius 1 is 0.698 bits per heavy atom. The van der Waals surface area contributed by atoms with Crippen LogP contribution in [0.4, 0.5) is 5.69 Å². The van der Waals surface area contributed by atoms with Crippen LogP contribution in [0.2, 0.25) is 0 Å². The third kappa shape index (κ3) is 6.29. The molecule has 0 spiro atoms. The quantitative estimate of drug-likeness (QED) is 0.211. The summed E-state index contributed by atoms with van der Waals surface area (Å²) in [5.74, 6) is 0.649. The summed E-state index contributed by atoms with van der Waals surface area (Å²) in [6.45, 7) is 3.90. The van der Waals surface area contributed by atoms with Gasteiger partial charge in [-0.3, -0.25) is 9.59 Å². The standard InChI is InChI=1S/C37H29N3O3/c1-25-9-6-13-28(21-25)36(41)38-30-15-8-16-31(23-30)43-32-18-19-33-34(20-17-27-11-4-3-5-12-27)39-40(35(33)24-32)37(42)29-14-7-10-26(2)22-29/h3-24H,1-2H3,(H,38,41). The lowest BCUT2D eigenvalue weighted by Crippen LogP contribution is -2.13. The normalized spacial score (nSPS) is 11.1. The van der Waals surface area contributed by atoms with E-state index in [1.165, 1.54) is 4.68 Å². The number of anilines is 1. The maximum Gasteiger partial charge on any atom is 0.278 e. The van der Waals surface area contributed by atoms with Crippen molar-refractivity contribution >= 4 is 40.6 Å². The molecule has 1 aromatic heterocycles. The van der Waals surface area contributed by atoms with Gasteiger partial charge < -0.3 is 10.1 Å². The Morgan fingerprint density at radius 2 is 1.40 bits per heavy atom. The van der Waals surface area contributed by atoms with Crippen LogP contribution in [-0.2, 0) is 0 Å². The molecule has 0 saturated carbocycles. The molecule has 0 aliphatic heterocycles. The van der Waals surface area contributed by atoms with Gasteiger partial charge in [-0.25, -0.2) is 0 Å². The minimum Gasteiger partial charge on any atom is -0.457 e. The number of carbonyl (C=O) groups excluding carboxylic acids is 2. The summed E-state index contributed by atoms with van der Waals surface area (Å²) < 4.78 is 7.64. The predicted octanol–water partition coefficient (Wildman–Crippen LogP) is 8.56. The summed E-state index contributed by atoms with van der Waals surface area (Å²) >= 11 is 0. The van der Waals surface area contributed by atoms with Gasteiger partial charge in [0.05, 0.1) is 11.2 Å². The van der Waals surface area contributed by atoms with E-state index in [1.807, 2.05) is 129 Å². The second-order valence-corrected chi connectivity index (χ2v) is 10.3. The average molecular weight is 564 g/mol. The number of nitrogens with one attached hydrogen (secondary N) is 1. The molecule has 6 nitrogen and oxygen atoms in total. The average Bonchev–Trinajstić information content (AvgIpc) is 3.38. The Morgan fingerprint density at radius 3 is 2.16 bits per heavy atom. The van der Waals surface area contributed by atoms with Crippen LogP contribution in [0.1, 0.15) is 43.1 Å². The molecule has 0 radical (unpaired) electrons. The van der Waals surface area contributed by atoms with Gasteiger partial charge in [-0.1, -0.05) is 77.9 Å². The molecule has 6 rings (SSSR count). The van der Waals surface area contributed by atoms with Crippen molar-refractivity contribution in [3.05, 3.63) is 155 Å². The van der Waals surface area contributed by atoms with Crippen molar-refractivity contribution in [2.45, 2.75) is 13.8 Å². The molecule has 0 atom stereocenters. The van der Waals surface area contributed by atoms with Crippen LogP contribution in [0.5, 0.6) is 11.5 Å². The fourth-order valence-electron chi connectivity index (χ4n) is 4.86. The van der Waals surface area contributed by atoms with E-state index in [0.29, 0.717) is 39.5 Å². The number of nitrogens with zero attached hydrogens (tertiary/aromatic N) is 2. The highest BCUT2D eigenvalue weighted by Crippen LogP contribution is 2.30. The first-order valence-electron chi connectivity index (χ1n) is 14.0. The number of aryl methyl sites for hydroxylation is 2. The second kappa shape index (κ2) is 12.0. The third-order valence-electron chi connectivity index (χ3n) is 6.98. The first-order chi connectivity index (χ1) is 20.9. The van der Waals surface area contributed by atoms with Gasteiger partial charge >= 0.3 is 0 Å². The van der Waals surface area contributed by atoms with Gasteiger partial charge in [0.15, 0.2) is 0 Å². The number of ether oxygens (including phenoxy) is 1. The molecule has 0 unspecified atom stereocenters. The number of rotatable bonds is 7. The Hall–Kier alpha value is -5.75. The van der Waals surface area contributed by atoms with E-state index in [1.54, 1.807) is 18.2 Å². The van der Waals surface area contributed by atoms with E-state index in [9.17, 15) is 9.59 Å². The SMILES string of the molecule is Cc1cccc(C(=O)Nc2cccc(Oc3ccc4c(C=Cc5ccccc5)nn(C(=O)c5cccc(C)c5)c4c3)c2)c1. The van der Waals surface area contributed by atoms with Crippen molar-refractivity contribution in [1.82, 2.24) is 9.78 Å². The summed E-state index contributed by atoms with van der Waals surface area (Å²) in [5, 5.41) is 8.47. The van der Waals surface area contributed by atoms with Crippen LogP contribution in [0.15, 0.2) is 121 Å². The lowest BCUT2D eigenvalue weighted by molar-refractivity contribution is 0.0949. The highest BCUT2D eigenvalue weighted by molar-refractivity contribution is 6.05. The molecule has 6 heteroatoms. The molecule has 0 bridgehead atoms. The molecular weight excluding hydrogens is 534 g/mol. The molecule has 210 valence electrons. The zero-order chi connectivity index (χ0) is 29.8. The minimum absolute atomic E-state index is 0.197. The van der Waals surface area contributed by atoms with Crippen LogP contribution in [0, 0.1) is 13.8 Å². The number of benzene rings is 5. The second-order valence-electron chi connectivity index (χ2n) is 10.3. The van der Waals surface area contributed by atoms with Crippen molar-refractivity contribution in [1.29, 1.82) is 0 Å². The maximum absolute atomic E-state index is 13.7. The Bertz CT molecular complexity index is 1990. The molecule has 6 aromatic rings. The van der Waals surface area contributed by atoms with Gasteiger partial charge in [-0.2, -0.15) is 9.78 Å². The molecule has 43 heavy (non-hydrogen) atoms. The van der Waals surface area contributed by atoms with E-state index < -0.39 is 0 Å². The van der Waals surface area contributed by atoms with E-state index in [-0.39, 0.29) is 11.8 Å². The highest BCUT2D eigenvalue weighted by Gasteiger charge is 2.18. The topological polar surface area (TPSA) is 73.2 Å². The van der Waals surface area contributed by atoms with Crippen LogP contribution < -0.4 is 10.1 Å². The molecule has 5 aromatic carbocycles. The van der Waals surface area contributed by atoms with Crippen molar-refractivity contribution < 1.29 is 14.3 Å². The van der Waals surface area contributed by atoms with Gasteiger partial charge in [0.1, 0.15) is 11.5 Å². The summed E-state index contributed by atoms with van der Waals surface area (Å²) in [6, 6.07) is 37.6. The smallest absolute Gasteiger partial charge is 0.278 e. The fourth-order valence-corrected chi connectivity index (χ4v) is 4.86. The number of fused-ring (bicyclic) bond motifs is 1. The van der Waals surface area contributed by atoms with Gasteiger partial charge in [0.2, 0.25) is 0 Å². The zero-order valence-corrected chi connectivity index (χ0v) is 23.8. The predicted molar refractivity (Wildman–Crippen MR) is 172 cm³/mol. The number of hydrogen-bond acceptors (Lipinski definition) is 4. The molecule has 0 aliphatic rings. The van der Waals surface area contributed by atoms with Crippen molar-refractivity contribution in [2.24, 2.45) is 0 Å². The number of hydrogen-bond donors (Lipinski definition) is 1. The van der Waals surface area contributed by atoms with Crippen molar-refractivity contribution in [3.63, 3.8) is 0 Å². The Labute approximate surface area is 249 Å². The van der Waals surface area contributed by atoms with E-state index in [0.717, 1.165) is 22.1 Å². The number of amides is 1. The van der Waals surface area contributed by atoms with Crippen LogP contribution in [0.3, 0.4) is 0 Å². The third-order valence-corrected chi connectivity index (χ3v) is 6.98. The van der Waals surface area contributed by atoms with Crippen LogP contribution >= 0.6 is 0 Å². The lowest BCUT2D eigenvalue weighted by Gasteiger charge is -2.10. The van der Waals surface area contributed by atoms with Crippen LogP contribution in [-0.4, -0.2) is 21.6 Å². The Kier molecular flexibility index (Phi) is 7.66. The lowest BCUT2D eigenvalue weighted by atomic mass is 10.1. The van der Waals surface area contributed by atoms with Crippen LogP contribution in [0.25, 0.3) is 23.1 Å². The monoisotopic (exact) mass is 563 g/mol. The fraction of sp³-hybridized carbons (Fsp3) is 0.0541. The molecule has 1 amide bonds. The molecule has 0 aliphatic carbocycles. The molecular formula is C37H29N3O3.